The van der Waals surface area contributed by atoms with Crippen LogP contribution in [0.15, 0.2) is 41.8 Å². The number of thiophene rings is 1. The molecular formula is C21H21N3O7S2. The molecule has 3 heterocycles. The van der Waals surface area contributed by atoms with E-state index in [0.29, 0.717) is 5.56 Å². The van der Waals surface area contributed by atoms with E-state index < -0.39 is 49.8 Å². The van der Waals surface area contributed by atoms with Crippen LogP contribution in [0.25, 0.3) is 0 Å². The van der Waals surface area contributed by atoms with Crippen LogP contribution in [0.3, 0.4) is 0 Å². The second kappa shape index (κ2) is 8.67. The number of nitro benzene ring substituents is 1. The minimum absolute atomic E-state index is 0.0846. The number of benzene rings is 1. The number of non-ortho nitro benzene ring substituents is 1. The van der Waals surface area contributed by atoms with E-state index in [1.165, 1.54) is 40.5 Å². The van der Waals surface area contributed by atoms with Crippen LogP contribution in [0.5, 0.6) is 0 Å². The quantitative estimate of drug-likeness (QED) is 0.268. The van der Waals surface area contributed by atoms with Crippen LogP contribution in [0.1, 0.15) is 24.3 Å². The highest BCUT2D eigenvalue weighted by atomic mass is 32.2. The van der Waals surface area contributed by atoms with Gasteiger partial charge in [-0.1, -0.05) is 6.07 Å². The van der Waals surface area contributed by atoms with Gasteiger partial charge < -0.3 is 15.0 Å². The number of ether oxygens (including phenoxy) is 1. The summed E-state index contributed by atoms with van der Waals surface area (Å²) in [7, 11) is -1.62. The summed E-state index contributed by atoms with van der Waals surface area (Å²) in [6.07, 6.45) is 0.116. The Kier molecular flexibility index (Phi) is 6.06. The zero-order valence-electron chi connectivity index (χ0n) is 17.8. The van der Waals surface area contributed by atoms with E-state index in [-0.39, 0.29) is 24.6 Å². The number of nitrogens with one attached hydrogen (secondary N) is 1. The van der Waals surface area contributed by atoms with Crippen molar-refractivity contribution in [1.29, 1.82) is 0 Å². The summed E-state index contributed by atoms with van der Waals surface area (Å²) in [5.41, 5.74) is 0.453. The lowest BCUT2D eigenvalue weighted by molar-refractivity contribution is -0.384. The summed E-state index contributed by atoms with van der Waals surface area (Å²) in [4.78, 5) is 50.4. The molecule has 2 aliphatic heterocycles. The Bertz CT molecular complexity index is 1130. The Morgan fingerprint density at radius 1 is 1.27 bits per heavy atom. The molecule has 0 saturated carbocycles. The van der Waals surface area contributed by atoms with E-state index in [1.807, 2.05) is 17.5 Å². The Labute approximate surface area is 195 Å². The molecule has 1 N–H and O–H groups in total. The molecule has 0 radical (unpaired) electrons. The van der Waals surface area contributed by atoms with Gasteiger partial charge in [-0.3, -0.25) is 23.9 Å². The average Bonchev–Trinajstić information content (AvgIpc) is 3.34. The van der Waals surface area contributed by atoms with Crippen LogP contribution < -0.4 is 5.32 Å². The van der Waals surface area contributed by atoms with Crippen molar-refractivity contribution in [2.75, 3.05) is 0 Å². The molecule has 12 heteroatoms. The highest BCUT2D eigenvalue weighted by Gasteiger charge is 2.68. The molecule has 174 valence electrons. The average molecular weight is 492 g/mol. The zero-order valence-corrected chi connectivity index (χ0v) is 19.4. The summed E-state index contributed by atoms with van der Waals surface area (Å²) < 4.78 is 17.4. The van der Waals surface area contributed by atoms with Gasteiger partial charge in [-0.05, 0) is 43.0 Å². The van der Waals surface area contributed by atoms with Gasteiger partial charge in [-0.2, -0.15) is 0 Å². The highest BCUT2D eigenvalue weighted by molar-refractivity contribution is 7.87. The summed E-state index contributed by atoms with van der Waals surface area (Å²) in [6.45, 7) is 3.10. The minimum Gasteiger partial charge on any atom is -0.459 e. The number of amides is 2. The Morgan fingerprint density at radius 3 is 2.58 bits per heavy atom. The molecule has 2 amide bonds. The van der Waals surface area contributed by atoms with Gasteiger partial charge >= 0.3 is 5.97 Å². The van der Waals surface area contributed by atoms with Gasteiger partial charge in [0.25, 0.3) is 5.69 Å². The molecule has 2 aliphatic rings. The first-order valence-corrected chi connectivity index (χ1v) is 12.1. The molecule has 1 aromatic heterocycles. The molecular weight excluding hydrogens is 470 g/mol. The third-order valence-corrected chi connectivity index (χ3v) is 8.81. The topological polar surface area (TPSA) is 136 Å². The van der Waals surface area contributed by atoms with Crippen molar-refractivity contribution in [2.24, 2.45) is 0 Å². The van der Waals surface area contributed by atoms with E-state index in [4.69, 9.17) is 4.74 Å². The molecule has 3 unspecified atom stereocenters. The summed E-state index contributed by atoms with van der Waals surface area (Å²) in [5, 5.41) is 14.5. The molecule has 4 atom stereocenters. The second-order valence-electron chi connectivity index (χ2n) is 8.27. The zero-order chi connectivity index (χ0) is 23.9. The normalized spacial score (nSPS) is 25.2. The van der Waals surface area contributed by atoms with Crippen molar-refractivity contribution in [3.05, 3.63) is 62.3 Å². The Balaban J connectivity index is 1.42. The summed E-state index contributed by atoms with van der Waals surface area (Å²) in [6, 6.07) is 7.16. The van der Waals surface area contributed by atoms with E-state index in [9.17, 15) is 28.7 Å². The third kappa shape index (κ3) is 4.15. The monoisotopic (exact) mass is 491 g/mol. The van der Waals surface area contributed by atoms with Crippen LogP contribution in [-0.4, -0.2) is 54.0 Å². The van der Waals surface area contributed by atoms with Crippen molar-refractivity contribution in [2.45, 2.75) is 49.1 Å². The van der Waals surface area contributed by atoms with Gasteiger partial charge in [-0.15, -0.1) is 11.3 Å². The second-order valence-corrected chi connectivity index (χ2v) is 11.4. The van der Waals surface area contributed by atoms with Gasteiger partial charge in [0, 0.05) is 17.0 Å². The number of rotatable bonds is 7. The van der Waals surface area contributed by atoms with Crippen LogP contribution >= 0.6 is 11.3 Å². The Morgan fingerprint density at radius 2 is 1.97 bits per heavy atom. The number of carbonyl (C=O) groups is 3. The minimum atomic E-state index is -1.62. The predicted molar refractivity (Wildman–Crippen MR) is 119 cm³/mol. The maximum atomic E-state index is 13.1. The van der Waals surface area contributed by atoms with E-state index in [1.54, 1.807) is 13.8 Å². The fraction of sp³-hybridized carbons (Fsp3) is 0.381. The molecule has 2 fully saturated rings. The van der Waals surface area contributed by atoms with Gasteiger partial charge in [0.1, 0.15) is 24.1 Å². The van der Waals surface area contributed by atoms with Crippen molar-refractivity contribution >= 4 is 45.6 Å². The number of fused-ring (bicyclic) bond motifs is 1. The largest absolute Gasteiger partial charge is 0.459 e. The molecule has 2 aromatic rings. The van der Waals surface area contributed by atoms with E-state index >= 15 is 0 Å². The van der Waals surface area contributed by atoms with Crippen LogP contribution in [-0.2, 0) is 42.9 Å². The van der Waals surface area contributed by atoms with E-state index in [2.05, 4.69) is 5.32 Å². The molecule has 0 spiro atoms. The standard InChI is InChI=1S/C21H21N3O7S2/c1-21(2)17(20(27)31-11-12-5-7-13(8-6-12)24(28)29)23-18(26)16(19(23)33(21)30)22-15(25)10-14-4-3-9-32-14/h3-9,16-17,19H,10-11H2,1-2H3,(H,22,25)/t16?,17?,19-,33?/m1/s1. The molecule has 10 nitrogen and oxygen atoms in total. The van der Waals surface area contributed by atoms with Crippen LogP contribution in [0.4, 0.5) is 5.69 Å². The van der Waals surface area contributed by atoms with Gasteiger partial charge in [0.05, 0.1) is 26.9 Å². The highest BCUT2D eigenvalue weighted by Crippen LogP contribution is 2.44. The number of hydrogen-bond donors (Lipinski definition) is 1. The van der Waals surface area contributed by atoms with Gasteiger partial charge in [-0.25, -0.2) is 4.79 Å². The molecule has 0 bridgehead atoms. The van der Waals surface area contributed by atoms with Crippen molar-refractivity contribution < 1.29 is 28.3 Å². The lowest BCUT2D eigenvalue weighted by Crippen LogP contribution is -2.71. The van der Waals surface area contributed by atoms with Crippen molar-refractivity contribution in [3.8, 4) is 0 Å². The molecule has 0 aliphatic carbocycles. The first kappa shape index (κ1) is 23.1. The first-order valence-electron chi connectivity index (χ1n) is 10.1. The lowest BCUT2D eigenvalue weighted by Gasteiger charge is -2.43. The maximum absolute atomic E-state index is 13.1. The lowest BCUT2D eigenvalue weighted by atomic mass is 9.96. The smallest absolute Gasteiger partial charge is 0.330 e. The molecule has 1 aromatic carbocycles. The maximum Gasteiger partial charge on any atom is 0.330 e. The number of β-lactam (4-membered cyclic amide) rings is 1. The SMILES string of the molecule is CC1(C)C(C(=O)OCc2ccc([N+](=O)[O-])cc2)N2C(=O)C(NC(=O)Cc3cccs3)[C@H]2S1=O. The van der Waals surface area contributed by atoms with Gasteiger partial charge in [0.2, 0.25) is 11.8 Å². The Hall–Kier alpha value is -3.12. The van der Waals surface area contributed by atoms with E-state index in [0.717, 1.165) is 4.88 Å². The fourth-order valence-corrected chi connectivity index (χ4v) is 6.64. The predicted octanol–water partition coefficient (Wildman–Crippen LogP) is 1.50. The molecule has 33 heavy (non-hydrogen) atoms. The molecule has 4 rings (SSSR count). The third-order valence-electron chi connectivity index (χ3n) is 5.74. The van der Waals surface area contributed by atoms with Crippen molar-refractivity contribution in [3.63, 3.8) is 0 Å². The number of hydrogen-bond acceptors (Lipinski definition) is 8. The van der Waals surface area contributed by atoms with Crippen molar-refractivity contribution in [1.82, 2.24) is 10.2 Å². The number of esters is 1. The summed E-state index contributed by atoms with van der Waals surface area (Å²) in [5.74, 6) is -1.55. The number of nitrogens with zero attached hydrogens (tertiary/aromatic N) is 2. The summed E-state index contributed by atoms with van der Waals surface area (Å²) >= 11 is 1.42. The molecule has 2 saturated heterocycles. The number of nitro groups is 1. The van der Waals surface area contributed by atoms with Gasteiger partial charge in [0.15, 0.2) is 0 Å². The first-order chi connectivity index (χ1) is 15.6. The van der Waals surface area contributed by atoms with Crippen LogP contribution in [0.2, 0.25) is 0 Å². The fourth-order valence-electron chi connectivity index (χ4n) is 4.02. The van der Waals surface area contributed by atoms with Crippen LogP contribution in [0, 0.1) is 10.1 Å². The number of carbonyl (C=O) groups excluding carboxylic acids is 3.